The van der Waals surface area contributed by atoms with Gasteiger partial charge in [0.2, 0.25) is 10.0 Å². The van der Waals surface area contributed by atoms with Crippen LogP contribution in [0.4, 0.5) is 0 Å². The number of benzene rings is 1. The molecular formula is C17H25BrN2O2S. The lowest BCUT2D eigenvalue weighted by Crippen LogP contribution is -2.42. The molecule has 23 heavy (non-hydrogen) atoms. The standard InChI is InChI=1S/C17H25BrN2O2S/c18-16-7-3-4-8-17(16)23(21,22)19-13-14-9-11-20(12-10-14)15-5-1-2-6-15/h3-4,7-8,14-15,19H,1-2,5-6,9-13H2. The first-order chi connectivity index (χ1) is 11.1. The number of sulfonamides is 1. The van der Waals surface area contributed by atoms with Crippen molar-refractivity contribution in [2.45, 2.75) is 49.5 Å². The Balaban J connectivity index is 1.50. The highest BCUT2D eigenvalue weighted by atomic mass is 79.9. The van der Waals surface area contributed by atoms with Gasteiger partial charge in [-0.15, -0.1) is 0 Å². The molecular weight excluding hydrogens is 376 g/mol. The minimum absolute atomic E-state index is 0.323. The largest absolute Gasteiger partial charge is 0.300 e. The van der Waals surface area contributed by atoms with E-state index in [0.29, 0.717) is 21.8 Å². The average molecular weight is 401 g/mol. The molecule has 1 heterocycles. The van der Waals surface area contributed by atoms with Crippen LogP contribution in [0.2, 0.25) is 0 Å². The fraction of sp³-hybridized carbons (Fsp3) is 0.647. The van der Waals surface area contributed by atoms with Crippen molar-refractivity contribution in [2.75, 3.05) is 19.6 Å². The maximum atomic E-state index is 12.4. The summed E-state index contributed by atoms with van der Waals surface area (Å²) in [4.78, 5) is 2.94. The smallest absolute Gasteiger partial charge is 0.241 e. The predicted octanol–water partition coefficient (Wildman–Crippen LogP) is 3.38. The van der Waals surface area contributed by atoms with Crippen LogP contribution in [0.3, 0.4) is 0 Å². The first kappa shape index (κ1) is 17.4. The third kappa shape index (κ3) is 4.35. The van der Waals surface area contributed by atoms with Crippen LogP contribution in [0.1, 0.15) is 38.5 Å². The van der Waals surface area contributed by atoms with Crippen LogP contribution in [0.25, 0.3) is 0 Å². The monoisotopic (exact) mass is 400 g/mol. The number of halogens is 1. The lowest BCUT2D eigenvalue weighted by atomic mass is 9.96. The molecule has 1 aliphatic heterocycles. The van der Waals surface area contributed by atoms with E-state index in [0.717, 1.165) is 32.0 Å². The van der Waals surface area contributed by atoms with Gasteiger partial charge >= 0.3 is 0 Å². The molecule has 1 saturated heterocycles. The van der Waals surface area contributed by atoms with Gasteiger partial charge in [-0.25, -0.2) is 13.1 Å². The van der Waals surface area contributed by atoms with Crippen LogP contribution in [-0.2, 0) is 10.0 Å². The fourth-order valence-corrected chi connectivity index (χ4v) is 5.88. The van der Waals surface area contributed by atoms with E-state index in [4.69, 9.17) is 0 Å². The second-order valence-electron chi connectivity index (χ2n) is 6.70. The van der Waals surface area contributed by atoms with E-state index in [-0.39, 0.29) is 0 Å². The molecule has 2 aliphatic rings. The number of hydrogen-bond acceptors (Lipinski definition) is 3. The Kier molecular flexibility index (Phi) is 5.78. The van der Waals surface area contributed by atoms with Crippen molar-refractivity contribution in [3.8, 4) is 0 Å². The Bertz CT molecular complexity index is 621. The molecule has 0 atom stereocenters. The van der Waals surface area contributed by atoms with Gasteiger partial charge in [0, 0.05) is 17.1 Å². The van der Waals surface area contributed by atoms with E-state index in [1.807, 2.05) is 6.07 Å². The lowest BCUT2D eigenvalue weighted by Gasteiger charge is -2.36. The Labute approximate surface area is 147 Å². The summed E-state index contributed by atoms with van der Waals surface area (Å²) in [6, 6.07) is 7.75. The van der Waals surface area contributed by atoms with Crippen LogP contribution in [-0.4, -0.2) is 39.0 Å². The van der Waals surface area contributed by atoms with E-state index in [1.54, 1.807) is 18.2 Å². The third-order valence-electron chi connectivity index (χ3n) is 5.18. The quantitative estimate of drug-likeness (QED) is 0.823. The van der Waals surface area contributed by atoms with Crippen molar-refractivity contribution in [3.05, 3.63) is 28.7 Å². The molecule has 1 saturated carbocycles. The zero-order valence-electron chi connectivity index (χ0n) is 13.4. The second kappa shape index (κ2) is 7.64. The number of hydrogen-bond donors (Lipinski definition) is 1. The topological polar surface area (TPSA) is 49.4 Å². The highest BCUT2D eigenvalue weighted by molar-refractivity contribution is 9.10. The maximum Gasteiger partial charge on any atom is 0.241 e. The minimum Gasteiger partial charge on any atom is -0.300 e. The van der Waals surface area contributed by atoms with Crippen molar-refractivity contribution in [1.29, 1.82) is 0 Å². The minimum atomic E-state index is -3.43. The van der Waals surface area contributed by atoms with Crippen molar-refractivity contribution in [3.63, 3.8) is 0 Å². The molecule has 1 aliphatic carbocycles. The number of nitrogens with one attached hydrogen (secondary N) is 1. The fourth-order valence-electron chi connectivity index (χ4n) is 3.76. The van der Waals surface area contributed by atoms with E-state index >= 15 is 0 Å². The molecule has 0 spiro atoms. The summed E-state index contributed by atoms with van der Waals surface area (Å²) in [6.07, 6.45) is 7.62. The van der Waals surface area contributed by atoms with Crippen molar-refractivity contribution < 1.29 is 8.42 Å². The van der Waals surface area contributed by atoms with Gasteiger partial charge in [0.25, 0.3) is 0 Å². The van der Waals surface area contributed by atoms with E-state index in [2.05, 4.69) is 25.6 Å². The average Bonchev–Trinajstić information content (AvgIpc) is 3.08. The summed E-state index contributed by atoms with van der Waals surface area (Å²) < 4.78 is 28.2. The third-order valence-corrected chi connectivity index (χ3v) is 7.61. The number of likely N-dealkylation sites (tertiary alicyclic amines) is 1. The molecule has 4 nitrogen and oxygen atoms in total. The summed E-state index contributed by atoms with van der Waals surface area (Å²) in [7, 11) is -3.43. The summed E-state index contributed by atoms with van der Waals surface area (Å²) in [5.74, 6) is 0.449. The van der Waals surface area contributed by atoms with Gasteiger partial charge < -0.3 is 4.90 Å². The molecule has 0 unspecified atom stereocenters. The van der Waals surface area contributed by atoms with Gasteiger partial charge in [0.05, 0.1) is 4.90 Å². The Morgan fingerprint density at radius 1 is 1.09 bits per heavy atom. The first-order valence-electron chi connectivity index (χ1n) is 8.54. The van der Waals surface area contributed by atoms with Crippen LogP contribution < -0.4 is 4.72 Å². The Morgan fingerprint density at radius 3 is 2.39 bits per heavy atom. The van der Waals surface area contributed by atoms with Gasteiger partial charge in [0.15, 0.2) is 0 Å². The highest BCUT2D eigenvalue weighted by Crippen LogP contribution is 2.28. The second-order valence-corrected chi connectivity index (χ2v) is 9.29. The number of piperidine rings is 1. The van der Waals surface area contributed by atoms with Crippen LogP contribution in [0.15, 0.2) is 33.6 Å². The van der Waals surface area contributed by atoms with Gasteiger partial charge in [-0.05, 0) is 72.8 Å². The van der Waals surface area contributed by atoms with Crippen molar-refractivity contribution in [1.82, 2.24) is 9.62 Å². The predicted molar refractivity (Wildman–Crippen MR) is 95.9 cm³/mol. The maximum absolute atomic E-state index is 12.4. The molecule has 3 rings (SSSR count). The van der Waals surface area contributed by atoms with Crippen molar-refractivity contribution in [2.24, 2.45) is 5.92 Å². The zero-order chi connectivity index (χ0) is 16.3. The molecule has 1 N–H and O–H groups in total. The molecule has 0 radical (unpaired) electrons. The van der Waals surface area contributed by atoms with Crippen LogP contribution in [0.5, 0.6) is 0 Å². The SMILES string of the molecule is O=S(=O)(NCC1CCN(C2CCCC2)CC1)c1ccccc1Br. The molecule has 6 heteroatoms. The molecule has 1 aromatic rings. The molecule has 0 aromatic heterocycles. The normalized spacial score (nSPS) is 21.8. The van der Waals surface area contributed by atoms with E-state index in [9.17, 15) is 8.42 Å². The van der Waals surface area contributed by atoms with Gasteiger partial charge in [0.1, 0.15) is 0 Å². The molecule has 0 amide bonds. The molecule has 128 valence electrons. The number of rotatable bonds is 5. The highest BCUT2D eigenvalue weighted by Gasteiger charge is 2.28. The summed E-state index contributed by atoms with van der Waals surface area (Å²) in [5.41, 5.74) is 0. The molecule has 2 fully saturated rings. The zero-order valence-corrected chi connectivity index (χ0v) is 15.8. The van der Waals surface area contributed by atoms with Crippen LogP contribution in [0, 0.1) is 5.92 Å². The van der Waals surface area contributed by atoms with E-state index < -0.39 is 10.0 Å². The molecule has 1 aromatic carbocycles. The lowest BCUT2D eigenvalue weighted by molar-refractivity contribution is 0.135. The molecule has 0 bridgehead atoms. The van der Waals surface area contributed by atoms with Crippen LogP contribution >= 0.6 is 15.9 Å². The van der Waals surface area contributed by atoms with Gasteiger partial charge in [-0.1, -0.05) is 25.0 Å². The number of nitrogens with zero attached hydrogens (tertiary/aromatic N) is 1. The summed E-state index contributed by atoms with van der Waals surface area (Å²) in [5, 5.41) is 0. The summed E-state index contributed by atoms with van der Waals surface area (Å²) >= 11 is 3.32. The van der Waals surface area contributed by atoms with Crippen molar-refractivity contribution >= 4 is 26.0 Å². The Morgan fingerprint density at radius 2 is 1.74 bits per heavy atom. The summed E-state index contributed by atoms with van der Waals surface area (Å²) in [6.45, 7) is 2.78. The van der Waals surface area contributed by atoms with Gasteiger partial charge in [-0.2, -0.15) is 0 Å². The Hall–Kier alpha value is -0.430. The first-order valence-corrected chi connectivity index (χ1v) is 10.8. The van der Waals surface area contributed by atoms with Gasteiger partial charge in [-0.3, -0.25) is 0 Å². The van der Waals surface area contributed by atoms with E-state index in [1.165, 1.54) is 25.7 Å².